The Balaban J connectivity index is 2.57. The molecule has 0 aliphatic carbocycles. The molecule has 0 aliphatic heterocycles. The van der Waals surface area contributed by atoms with Gasteiger partial charge in [0.15, 0.2) is 5.78 Å². The van der Waals surface area contributed by atoms with Gasteiger partial charge in [0.05, 0.1) is 0 Å². The monoisotopic (exact) mass is 238 g/mol. The maximum absolute atomic E-state index is 11.7. The van der Waals surface area contributed by atoms with Gasteiger partial charge in [0.2, 0.25) is 0 Å². The summed E-state index contributed by atoms with van der Waals surface area (Å²) in [5.74, 6) is 0.0824. The first-order valence-electron chi connectivity index (χ1n) is 5.32. The molecule has 0 aromatic heterocycles. The lowest BCUT2D eigenvalue weighted by atomic mass is 10.0. The Morgan fingerprint density at radius 1 is 1.25 bits per heavy atom. The molecule has 0 saturated carbocycles. The van der Waals surface area contributed by atoms with Gasteiger partial charge in [-0.3, -0.25) is 9.59 Å². The van der Waals surface area contributed by atoms with Crippen LogP contribution >= 0.6 is 11.6 Å². The molecule has 0 spiro atoms. The minimum Gasteiger partial charge on any atom is -0.299 e. The van der Waals surface area contributed by atoms with Crippen LogP contribution in [0, 0.1) is 5.92 Å². The Morgan fingerprint density at radius 3 is 2.50 bits per heavy atom. The Morgan fingerprint density at radius 2 is 1.94 bits per heavy atom. The smallest absolute Gasteiger partial charge is 0.163 e. The molecule has 0 bridgehead atoms. The normalized spacial score (nSPS) is 10.5. The predicted molar refractivity (Wildman–Crippen MR) is 64.9 cm³/mol. The van der Waals surface area contributed by atoms with Gasteiger partial charge in [-0.15, -0.1) is 0 Å². The molecule has 0 amide bonds. The Labute approximate surface area is 101 Å². The Bertz CT molecular complexity index is 397. The summed E-state index contributed by atoms with van der Waals surface area (Å²) in [7, 11) is 0. The Hall–Kier alpha value is -1.15. The highest BCUT2D eigenvalue weighted by molar-refractivity contribution is 6.31. The summed E-state index contributed by atoms with van der Waals surface area (Å²) in [6.07, 6.45) is 0.570. The summed E-state index contributed by atoms with van der Waals surface area (Å²) in [5.41, 5.74) is 0.573. The van der Waals surface area contributed by atoms with E-state index in [1.807, 2.05) is 13.8 Å². The molecule has 0 radical (unpaired) electrons. The van der Waals surface area contributed by atoms with E-state index in [4.69, 9.17) is 11.6 Å². The van der Waals surface area contributed by atoms with Crippen LogP contribution in [0.5, 0.6) is 0 Å². The zero-order valence-electron chi connectivity index (χ0n) is 9.50. The number of carbonyl (C=O) groups excluding carboxylic acids is 2. The van der Waals surface area contributed by atoms with Crippen LogP contribution in [0.4, 0.5) is 0 Å². The maximum Gasteiger partial charge on any atom is 0.163 e. The van der Waals surface area contributed by atoms with E-state index in [0.717, 1.165) is 0 Å². The fourth-order valence-corrected chi connectivity index (χ4v) is 1.52. The van der Waals surface area contributed by atoms with Crippen LogP contribution < -0.4 is 0 Å². The van der Waals surface area contributed by atoms with Crippen molar-refractivity contribution in [3.05, 3.63) is 34.9 Å². The van der Waals surface area contributed by atoms with Crippen molar-refractivity contribution in [3.8, 4) is 0 Å². The molecule has 2 nitrogen and oxygen atoms in total. The maximum atomic E-state index is 11.7. The third-order valence-electron chi connectivity index (χ3n) is 2.39. The van der Waals surface area contributed by atoms with Crippen LogP contribution in [0.2, 0.25) is 5.02 Å². The third kappa shape index (κ3) is 3.78. The third-order valence-corrected chi connectivity index (χ3v) is 2.62. The number of Topliss-reactive ketones (excluding diaryl/α,β-unsaturated/α-hetero) is 2. The average molecular weight is 239 g/mol. The van der Waals surface area contributed by atoms with Gasteiger partial charge in [-0.05, 0) is 12.1 Å². The summed E-state index contributed by atoms with van der Waals surface area (Å²) >= 11 is 5.78. The lowest BCUT2D eigenvalue weighted by molar-refractivity contribution is -0.121. The van der Waals surface area contributed by atoms with Crippen LogP contribution in [-0.4, -0.2) is 11.6 Å². The molecule has 0 N–H and O–H groups in total. The number of hydrogen-bond donors (Lipinski definition) is 0. The van der Waals surface area contributed by atoms with Crippen LogP contribution in [0.25, 0.3) is 0 Å². The van der Waals surface area contributed by atoms with Gasteiger partial charge in [0.1, 0.15) is 5.78 Å². The van der Waals surface area contributed by atoms with Crippen molar-refractivity contribution in [2.45, 2.75) is 26.7 Å². The molecule has 86 valence electrons. The van der Waals surface area contributed by atoms with Gasteiger partial charge in [0, 0.05) is 29.3 Å². The van der Waals surface area contributed by atoms with Gasteiger partial charge < -0.3 is 0 Å². The van der Waals surface area contributed by atoms with Gasteiger partial charge in [-0.25, -0.2) is 0 Å². The minimum atomic E-state index is -0.0310. The molecule has 3 heteroatoms. The number of rotatable bonds is 5. The second-order valence-corrected chi connectivity index (χ2v) is 4.49. The topological polar surface area (TPSA) is 34.1 Å². The van der Waals surface area contributed by atoms with E-state index in [2.05, 4.69) is 0 Å². The van der Waals surface area contributed by atoms with Gasteiger partial charge in [-0.1, -0.05) is 37.6 Å². The largest absolute Gasteiger partial charge is 0.299 e. The van der Waals surface area contributed by atoms with Crippen molar-refractivity contribution >= 4 is 23.2 Å². The molecule has 1 aromatic carbocycles. The highest BCUT2D eigenvalue weighted by atomic mass is 35.5. The van der Waals surface area contributed by atoms with Crippen LogP contribution in [0.3, 0.4) is 0 Å². The summed E-state index contributed by atoms with van der Waals surface area (Å²) in [6.45, 7) is 3.68. The van der Waals surface area contributed by atoms with Gasteiger partial charge in [0.25, 0.3) is 0 Å². The number of ketones is 2. The zero-order chi connectivity index (χ0) is 12.1. The molecule has 0 aliphatic rings. The van der Waals surface area contributed by atoms with Crippen LogP contribution in [0.15, 0.2) is 24.3 Å². The number of benzene rings is 1. The lowest BCUT2D eigenvalue weighted by Crippen LogP contribution is -2.09. The number of hydrogen-bond acceptors (Lipinski definition) is 2. The molecular weight excluding hydrogens is 224 g/mol. The van der Waals surface area contributed by atoms with E-state index in [1.54, 1.807) is 24.3 Å². The number of halogens is 1. The molecule has 16 heavy (non-hydrogen) atoms. The van der Waals surface area contributed by atoms with Crippen molar-refractivity contribution < 1.29 is 9.59 Å². The second kappa shape index (κ2) is 5.80. The molecule has 0 heterocycles. The van der Waals surface area contributed by atoms with E-state index in [1.165, 1.54) is 0 Å². The van der Waals surface area contributed by atoms with E-state index in [-0.39, 0.29) is 23.9 Å². The lowest BCUT2D eigenvalue weighted by Gasteiger charge is -2.03. The van der Waals surface area contributed by atoms with Crippen molar-refractivity contribution in [1.82, 2.24) is 0 Å². The second-order valence-electron chi connectivity index (χ2n) is 4.05. The Kier molecular flexibility index (Phi) is 4.69. The summed E-state index contributed by atoms with van der Waals surface area (Å²) in [5, 5.41) is 0.543. The predicted octanol–water partition coefficient (Wildman–Crippen LogP) is 3.53. The molecule has 1 aromatic rings. The molecular formula is C13H15ClO2. The highest BCUT2D eigenvalue weighted by Crippen LogP contribution is 2.13. The van der Waals surface area contributed by atoms with Crippen molar-refractivity contribution in [2.24, 2.45) is 5.92 Å². The molecule has 0 atom stereocenters. The van der Waals surface area contributed by atoms with Crippen molar-refractivity contribution in [1.29, 1.82) is 0 Å². The zero-order valence-corrected chi connectivity index (χ0v) is 10.3. The summed E-state index contributed by atoms with van der Waals surface area (Å²) < 4.78 is 0. The van der Waals surface area contributed by atoms with Crippen LogP contribution in [0.1, 0.15) is 37.0 Å². The van der Waals surface area contributed by atoms with Gasteiger partial charge in [-0.2, -0.15) is 0 Å². The van der Waals surface area contributed by atoms with Crippen molar-refractivity contribution in [2.75, 3.05) is 0 Å². The van der Waals surface area contributed by atoms with Gasteiger partial charge >= 0.3 is 0 Å². The molecule has 1 rings (SSSR count). The molecule has 0 unspecified atom stereocenters. The fraction of sp³-hybridized carbons (Fsp3) is 0.385. The quantitative estimate of drug-likeness (QED) is 0.736. The van der Waals surface area contributed by atoms with E-state index < -0.39 is 0 Å². The first-order valence-corrected chi connectivity index (χ1v) is 5.70. The molecule has 0 saturated heterocycles. The number of carbonyl (C=O) groups is 2. The van der Waals surface area contributed by atoms with E-state index in [9.17, 15) is 9.59 Å². The minimum absolute atomic E-state index is 0.00726. The highest BCUT2D eigenvalue weighted by Gasteiger charge is 2.11. The average Bonchev–Trinajstić information content (AvgIpc) is 2.25. The first-order chi connectivity index (χ1) is 7.50. The van der Waals surface area contributed by atoms with E-state index >= 15 is 0 Å². The summed E-state index contributed by atoms with van der Waals surface area (Å²) in [6, 6.07) is 6.80. The standard InChI is InChI=1S/C13H15ClO2/c1-9(2)12(15)6-7-13(16)10-4-3-5-11(14)8-10/h3-5,8-9H,6-7H2,1-2H3. The summed E-state index contributed by atoms with van der Waals surface area (Å²) in [4.78, 5) is 23.1. The van der Waals surface area contributed by atoms with Crippen LogP contribution in [-0.2, 0) is 4.79 Å². The first kappa shape index (κ1) is 12.9. The molecule has 0 fully saturated rings. The fourth-order valence-electron chi connectivity index (χ4n) is 1.33. The van der Waals surface area contributed by atoms with E-state index in [0.29, 0.717) is 17.0 Å². The van der Waals surface area contributed by atoms with Crippen molar-refractivity contribution in [3.63, 3.8) is 0 Å². The SMILES string of the molecule is CC(C)C(=O)CCC(=O)c1cccc(Cl)c1.